The summed E-state index contributed by atoms with van der Waals surface area (Å²) in [4.78, 5) is 24.7. The number of likely N-dealkylation sites (tertiary alicyclic amines) is 1. The molecule has 1 amide bonds. The van der Waals surface area contributed by atoms with Crippen LogP contribution < -0.4 is 0 Å². The number of rotatable bonds is 4. The first-order chi connectivity index (χ1) is 9.49. The highest BCUT2D eigenvalue weighted by atomic mass is 32.2. The Bertz CT molecular complexity index is 538. The first-order valence-electron chi connectivity index (χ1n) is 6.09. The Hall–Kier alpha value is -1.63. The van der Waals surface area contributed by atoms with Crippen LogP contribution >= 0.6 is 11.8 Å². The minimum atomic E-state index is -1.01. The van der Waals surface area contributed by atoms with Crippen LogP contribution in [0.5, 0.6) is 0 Å². The molecule has 1 aromatic rings. The third-order valence-corrected chi connectivity index (χ3v) is 4.09. The maximum absolute atomic E-state index is 13.0. The summed E-state index contributed by atoms with van der Waals surface area (Å²) in [6, 6.07) is 2.63. The summed E-state index contributed by atoms with van der Waals surface area (Å²) in [5, 5.41) is 8.99. The van der Waals surface area contributed by atoms with Crippen molar-refractivity contribution in [2.45, 2.75) is 23.8 Å². The molecular formula is C13H13F2NO3S. The minimum Gasteiger partial charge on any atom is -0.480 e. The SMILES string of the molecule is O=C(O)[C@H]1CCCN1C(=O)CSc1ccc(F)c(F)c1. The minimum absolute atomic E-state index is 0.00878. The van der Waals surface area contributed by atoms with Crippen LogP contribution in [0.15, 0.2) is 23.1 Å². The topological polar surface area (TPSA) is 57.6 Å². The zero-order valence-electron chi connectivity index (χ0n) is 10.5. The number of carbonyl (C=O) groups is 2. The van der Waals surface area contributed by atoms with Crippen molar-refractivity contribution in [2.75, 3.05) is 12.3 Å². The van der Waals surface area contributed by atoms with Crippen LogP contribution in [0.25, 0.3) is 0 Å². The molecule has 1 saturated heterocycles. The third-order valence-electron chi connectivity index (χ3n) is 3.11. The second-order valence-corrected chi connectivity index (χ2v) is 5.50. The molecule has 0 spiro atoms. The first-order valence-corrected chi connectivity index (χ1v) is 7.07. The predicted octanol–water partition coefficient (Wildman–Crippen LogP) is 2.13. The predicted molar refractivity (Wildman–Crippen MR) is 69.5 cm³/mol. The van der Waals surface area contributed by atoms with Crippen molar-refractivity contribution in [1.29, 1.82) is 0 Å². The Labute approximate surface area is 118 Å². The Balaban J connectivity index is 1.94. The molecule has 1 atom stereocenters. The maximum atomic E-state index is 13.0. The summed E-state index contributed by atoms with van der Waals surface area (Å²) in [6.45, 7) is 0.425. The van der Waals surface area contributed by atoms with Crippen molar-refractivity contribution in [1.82, 2.24) is 4.90 Å². The molecule has 1 N–H and O–H groups in total. The smallest absolute Gasteiger partial charge is 0.326 e. The van der Waals surface area contributed by atoms with Gasteiger partial charge in [0.1, 0.15) is 6.04 Å². The number of hydrogen-bond acceptors (Lipinski definition) is 3. The molecule has 1 fully saturated rings. The number of nitrogens with zero attached hydrogens (tertiary/aromatic N) is 1. The molecule has 0 bridgehead atoms. The van der Waals surface area contributed by atoms with E-state index in [0.29, 0.717) is 24.3 Å². The van der Waals surface area contributed by atoms with Crippen LogP contribution in [0.1, 0.15) is 12.8 Å². The average molecular weight is 301 g/mol. The zero-order valence-corrected chi connectivity index (χ0v) is 11.3. The molecule has 7 heteroatoms. The monoisotopic (exact) mass is 301 g/mol. The molecule has 20 heavy (non-hydrogen) atoms. The first kappa shape index (κ1) is 14.8. The Morgan fingerprint density at radius 3 is 2.75 bits per heavy atom. The van der Waals surface area contributed by atoms with Gasteiger partial charge in [-0.25, -0.2) is 13.6 Å². The number of carboxylic acids is 1. The summed E-state index contributed by atoms with van der Waals surface area (Å²) in [5.41, 5.74) is 0. The summed E-state index contributed by atoms with van der Waals surface area (Å²) >= 11 is 1.06. The van der Waals surface area contributed by atoms with Crippen LogP contribution in [-0.4, -0.2) is 40.2 Å². The Kier molecular flexibility index (Phi) is 4.59. The second-order valence-electron chi connectivity index (χ2n) is 4.45. The van der Waals surface area contributed by atoms with Gasteiger partial charge in [0.25, 0.3) is 0 Å². The van der Waals surface area contributed by atoms with Crippen LogP contribution in [0.2, 0.25) is 0 Å². The lowest BCUT2D eigenvalue weighted by atomic mass is 10.2. The molecule has 0 saturated carbocycles. The molecule has 1 aromatic carbocycles. The van der Waals surface area contributed by atoms with Crippen molar-refractivity contribution in [3.8, 4) is 0 Å². The van der Waals surface area contributed by atoms with Crippen LogP contribution in [0.4, 0.5) is 8.78 Å². The van der Waals surface area contributed by atoms with Gasteiger partial charge in [0.15, 0.2) is 11.6 Å². The number of carboxylic acid groups (broad SMARTS) is 1. The maximum Gasteiger partial charge on any atom is 0.326 e. The number of aliphatic carboxylic acids is 1. The number of thioether (sulfide) groups is 1. The molecule has 1 aliphatic rings. The lowest BCUT2D eigenvalue weighted by Gasteiger charge is -2.21. The quantitative estimate of drug-likeness (QED) is 0.866. The van der Waals surface area contributed by atoms with Crippen LogP contribution in [0, 0.1) is 11.6 Å². The number of halogens is 2. The van der Waals surface area contributed by atoms with Gasteiger partial charge in [0.05, 0.1) is 5.75 Å². The molecule has 4 nitrogen and oxygen atoms in total. The van der Waals surface area contributed by atoms with Gasteiger partial charge in [-0.3, -0.25) is 4.79 Å². The van der Waals surface area contributed by atoms with E-state index >= 15 is 0 Å². The summed E-state index contributed by atoms with van der Waals surface area (Å²) in [5.74, 6) is -3.20. The van der Waals surface area contributed by atoms with Gasteiger partial charge in [-0.05, 0) is 31.0 Å². The molecule has 0 radical (unpaired) electrons. The Morgan fingerprint density at radius 1 is 1.35 bits per heavy atom. The van der Waals surface area contributed by atoms with Gasteiger partial charge in [-0.1, -0.05) is 0 Å². The number of carbonyl (C=O) groups excluding carboxylic acids is 1. The van der Waals surface area contributed by atoms with Gasteiger partial charge >= 0.3 is 5.97 Å². The highest BCUT2D eigenvalue weighted by Gasteiger charge is 2.33. The van der Waals surface area contributed by atoms with Gasteiger partial charge < -0.3 is 10.0 Å². The molecule has 0 unspecified atom stereocenters. The van der Waals surface area contributed by atoms with Crippen molar-refractivity contribution >= 4 is 23.6 Å². The lowest BCUT2D eigenvalue weighted by molar-refractivity contribution is -0.147. The number of hydrogen-bond donors (Lipinski definition) is 1. The van der Waals surface area contributed by atoms with Crippen molar-refractivity contribution in [2.24, 2.45) is 0 Å². The van der Waals surface area contributed by atoms with E-state index in [0.717, 1.165) is 23.9 Å². The van der Waals surface area contributed by atoms with E-state index in [1.54, 1.807) is 0 Å². The number of benzene rings is 1. The summed E-state index contributed by atoms with van der Waals surface area (Å²) < 4.78 is 25.8. The van der Waals surface area contributed by atoms with Crippen molar-refractivity contribution in [3.05, 3.63) is 29.8 Å². The lowest BCUT2D eigenvalue weighted by Crippen LogP contribution is -2.41. The molecule has 0 aromatic heterocycles. The molecule has 1 aliphatic heterocycles. The van der Waals surface area contributed by atoms with Gasteiger partial charge in [-0.15, -0.1) is 11.8 Å². The van der Waals surface area contributed by atoms with E-state index in [2.05, 4.69) is 0 Å². The highest BCUT2D eigenvalue weighted by molar-refractivity contribution is 8.00. The van der Waals surface area contributed by atoms with Crippen LogP contribution in [-0.2, 0) is 9.59 Å². The largest absolute Gasteiger partial charge is 0.480 e. The van der Waals surface area contributed by atoms with E-state index in [-0.39, 0.29) is 11.7 Å². The van der Waals surface area contributed by atoms with Crippen molar-refractivity contribution in [3.63, 3.8) is 0 Å². The zero-order chi connectivity index (χ0) is 14.7. The van der Waals surface area contributed by atoms with E-state index < -0.39 is 23.6 Å². The molecule has 108 valence electrons. The highest BCUT2D eigenvalue weighted by Crippen LogP contribution is 2.23. The fraction of sp³-hybridized carbons (Fsp3) is 0.385. The Morgan fingerprint density at radius 2 is 2.10 bits per heavy atom. The van der Waals surface area contributed by atoms with E-state index in [9.17, 15) is 18.4 Å². The average Bonchev–Trinajstić information content (AvgIpc) is 2.89. The fourth-order valence-corrected chi connectivity index (χ4v) is 2.92. The third kappa shape index (κ3) is 3.27. The molecular weight excluding hydrogens is 288 g/mol. The van der Waals surface area contributed by atoms with Gasteiger partial charge in [-0.2, -0.15) is 0 Å². The van der Waals surface area contributed by atoms with Gasteiger partial charge in [0, 0.05) is 11.4 Å². The molecule has 0 aliphatic carbocycles. The van der Waals surface area contributed by atoms with Gasteiger partial charge in [0.2, 0.25) is 5.91 Å². The normalized spacial score (nSPS) is 18.3. The summed E-state index contributed by atoms with van der Waals surface area (Å²) in [6.07, 6.45) is 1.12. The van der Waals surface area contributed by atoms with Crippen molar-refractivity contribution < 1.29 is 23.5 Å². The molecule has 1 heterocycles. The summed E-state index contributed by atoms with van der Waals surface area (Å²) in [7, 11) is 0. The second kappa shape index (κ2) is 6.21. The standard InChI is InChI=1S/C13H13F2NO3S/c14-9-4-3-8(6-10(9)15)20-7-12(17)16-5-1-2-11(16)13(18)19/h3-4,6,11H,1-2,5,7H2,(H,18,19)/t11-/m1/s1. The van der Waals surface area contributed by atoms with E-state index in [4.69, 9.17) is 5.11 Å². The fourth-order valence-electron chi connectivity index (χ4n) is 2.12. The van der Waals surface area contributed by atoms with E-state index in [1.165, 1.54) is 11.0 Å². The van der Waals surface area contributed by atoms with Crippen LogP contribution in [0.3, 0.4) is 0 Å². The van der Waals surface area contributed by atoms with E-state index in [1.807, 2.05) is 0 Å². The number of amides is 1. The molecule has 2 rings (SSSR count).